The quantitative estimate of drug-likeness (QED) is 0.386. The topological polar surface area (TPSA) is 66.8 Å². The molecule has 1 amide bonds. The number of rotatable bonds is 8. The van der Waals surface area contributed by atoms with Gasteiger partial charge in [-0.1, -0.05) is 38.1 Å². The van der Waals surface area contributed by atoms with Crippen molar-refractivity contribution in [1.29, 1.82) is 0 Å². The van der Waals surface area contributed by atoms with Crippen molar-refractivity contribution in [2.45, 2.75) is 57.6 Å². The van der Waals surface area contributed by atoms with Gasteiger partial charge in [-0.25, -0.2) is 4.79 Å². The van der Waals surface area contributed by atoms with Gasteiger partial charge in [0, 0.05) is 25.8 Å². The van der Waals surface area contributed by atoms with E-state index in [0.717, 1.165) is 16.9 Å². The number of aliphatic hydroxyl groups is 1. The second-order valence-corrected chi connectivity index (χ2v) is 7.68. The first-order valence-corrected chi connectivity index (χ1v) is 10.4. The third-order valence-electron chi connectivity index (χ3n) is 5.30. The van der Waals surface area contributed by atoms with Crippen molar-refractivity contribution < 1.29 is 28.2 Å². The summed E-state index contributed by atoms with van der Waals surface area (Å²) in [5.41, 5.74) is 1.20. The molecule has 5 nitrogen and oxygen atoms in total. The van der Waals surface area contributed by atoms with E-state index in [-0.39, 0.29) is 12.5 Å². The van der Waals surface area contributed by atoms with E-state index in [1.54, 1.807) is 24.3 Å². The SMILES string of the molecule is CCC#CC[C@@H](C)[C@@H](O)/C=C/[C@H]1CC(F)(F)C(=O)N1CCc1ccc(C(=O)OC)cc1. The Morgan fingerprint density at radius 3 is 2.65 bits per heavy atom. The molecule has 1 aliphatic heterocycles. The Morgan fingerprint density at radius 2 is 2.03 bits per heavy atom. The van der Waals surface area contributed by atoms with Gasteiger partial charge in [0.15, 0.2) is 0 Å². The smallest absolute Gasteiger partial charge is 0.337 e. The number of hydrogen-bond donors (Lipinski definition) is 1. The van der Waals surface area contributed by atoms with Crippen molar-refractivity contribution in [3.05, 3.63) is 47.5 Å². The molecule has 0 saturated carbocycles. The molecule has 1 aromatic rings. The van der Waals surface area contributed by atoms with Crippen LogP contribution in [0, 0.1) is 17.8 Å². The van der Waals surface area contributed by atoms with Gasteiger partial charge in [-0.3, -0.25) is 4.79 Å². The van der Waals surface area contributed by atoms with E-state index in [1.807, 2.05) is 13.8 Å². The summed E-state index contributed by atoms with van der Waals surface area (Å²) in [4.78, 5) is 24.8. The largest absolute Gasteiger partial charge is 0.465 e. The second kappa shape index (κ2) is 11.1. The van der Waals surface area contributed by atoms with Crippen molar-refractivity contribution in [2.75, 3.05) is 13.7 Å². The molecule has 0 radical (unpaired) electrons. The van der Waals surface area contributed by atoms with Crippen molar-refractivity contribution in [1.82, 2.24) is 4.90 Å². The Morgan fingerprint density at radius 1 is 1.35 bits per heavy atom. The van der Waals surface area contributed by atoms with Crippen LogP contribution < -0.4 is 0 Å². The number of nitrogens with zero attached hydrogens (tertiary/aromatic N) is 1. The molecule has 31 heavy (non-hydrogen) atoms. The number of likely N-dealkylation sites (tertiary alicyclic amines) is 1. The van der Waals surface area contributed by atoms with E-state index in [1.165, 1.54) is 19.3 Å². The fraction of sp³-hybridized carbons (Fsp3) is 0.500. The highest BCUT2D eigenvalue weighted by molar-refractivity contribution is 5.89. The fourth-order valence-electron chi connectivity index (χ4n) is 3.35. The average molecular weight is 433 g/mol. The van der Waals surface area contributed by atoms with E-state index >= 15 is 0 Å². The maximum Gasteiger partial charge on any atom is 0.337 e. The van der Waals surface area contributed by atoms with E-state index in [4.69, 9.17) is 0 Å². The van der Waals surface area contributed by atoms with Gasteiger partial charge in [0.25, 0.3) is 5.91 Å². The molecule has 7 heteroatoms. The third kappa shape index (κ3) is 6.63. The van der Waals surface area contributed by atoms with Gasteiger partial charge in [0.05, 0.1) is 24.8 Å². The third-order valence-corrected chi connectivity index (χ3v) is 5.30. The summed E-state index contributed by atoms with van der Waals surface area (Å²) in [5.74, 6) is 0.675. The normalized spacial score (nSPS) is 19.7. The molecule has 1 aliphatic rings. The van der Waals surface area contributed by atoms with Crippen LogP contribution in [0.1, 0.15) is 49.0 Å². The van der Waals surface area contributed by atoms with Crippen molar-refractivity contribution in [3.8, 4) is 11.8 Å². The highest BCUT2D eigenvalue weighted by Gasteiger charge is 2.52. The summed E-state index contributed by atoms with van der Waals surface area (Å²) in [7, 11) is 1.29. The maximum atomic E-state index is 14.1. The number of amides is 1. The van der Waals surface area contributed by atoms with Crippen LogP contribution in [0.25, 0.3) is 0 Å². The number of aliphatic hydroxyl groups excluding tert-OH is 1. The summed E-state index contributed by atoms with van der Waals surface area (Å²) < 4.78 is 32.8. The Kier molecular flexibility index (Phi) is 8.76. The number of carbonyl (C=O) groups is 2. The van der Waals surface area contributed by atoms with Gasteiger partial charge in [0.2, 0.25) is 0 Å². The van der Waals surface area contributed by atoms with Gasteiger partial charge in [0.1, 0.15) is 0 Å². The zero-order chi connectivity index (χ0) is 23.0. The van der Waals surface area contributed by atoms with Crippen LogP contribution in [-0.4, -0.2) is 53.6 Å². The molecular formula is C24H29F2NO4. The van der Waals surface area contributed by atoms with Gasteiger partial charge in [-0.15, -0.1) is 11.8 Å². The standard InChI is InChI=1S/C24H29F2NO4/c1-4-5-6-7-17(2)21(28)13-12-20-16-24(25,26)23(30)27(20)15-14-18-8-10-19(11-9-18)22(29)31-3/h8-13,17,20-21,28H,4,7,14-16H2,1-3H3/b13-12+/t17-,20+,21+/m1/s1. The van der Waals surface area contributed by atoms with Gasteiger partial charge in [-0.05, 0) is 30.0 Å². The van der Waals surface area contributed by atoms with Crippen molar-refractivity contribution >= 4 is 11.9 Å². The monoisotopic (exact) mass is 433 g/mol. The molecule has 1 saturated heterocycles. The van der Waals surface area contributed by atoms with Crippen LogP contribution in [0.5, 0.6) is 0 Å². The molecule has 0 bridgehead atoms. The molecule has 0 aliphatic carbocycles. The minimum absolute atomic E-state index is 0.106. The lowest BCUT2D eigenvalue weighted by Crippen LogP contribution is -2.37. The number of esters is 1. The van der Waals surface area contributed by atoms with Gasteiger partial charge in [-0.2, -0.15) is 8.78 Å². The van der Waals surface area contributed by atoms with Crippen LogP contribution in [-0.2, 0) is 16.0 Å². The Bertz CT molecular complexity index is 855. The van der Waals surface area contributed by atoms with Crippen LogP contribution in [0.2, 0.25) is 0 Å². The zero-order valence-electron chi connectivity index (χ0n) is 18.1. The van der Waals surface area contributed by atoms with Gasteiger partial charge < -0.3 is 14.7 Å². The molecular weight excluding hydrogens is 404 g/mol. The summed E-state index contributed by atoms with van der Waals surface area (Å²) in [6, 6.07) is 5.81. The average Bonchev–Trinajstić information content (AvgIpc) is 2.98. The van der Waals surface area contributed by atoms with E-state index in [2.05, 4.69) is 16.6 Å². The fourth-order valence-corrected chi connectivity index (χ4v) is 3.35. The van der Waals surface area contributed by atoms with Crippen LogP contribution >= 0.6 is 0 Å². The van der Waals surface area contributed by atoms with Crippen molar-refractivity contribution in [2.24, 2.45) is 5.92 Å². The summed E-state index contributed by atoms with van der Waals surface area (Å²) in [6.45, 7) is 3.88. The molecule has 2 rings (SSSR count). The maximum absolute atomic E-state index is 14.1. The van der Waals surface area contributed by atoms with Crippen molar-refractivity contribution in [3.63, 3.8) is 0 Å². The number of hydrogen-bond acceptors (Lipinski definition) is 4. The Hall–Kier alpha value is -2.72. The highest BCUT2D eigenvalue weighted by Crippen LogP contribution is 2.34. The summed E-state index contributed by atoms with van der Waals surface area (Å²) in [6.07, 6.45) is 3.13. The number of halogens is 2. The zero-order valence-corrected chi connectivity index (χ0v) is 18.1. The molecule has 3 atom stereocenters. The first-order chi connectivity index (χ1) is 14.7. The summed E-state index contributed by atoms with van der Waals surface area (Å²) in [5, 5.41) is 10.3. The first kappa shape index (κ1) is 24.5. The van der Waals surface area contributed by atoms with E-state index < -0.39 is 36.4 Å². The molecule has 1 fully saturated rings. The van der Waals surface area contributed by atoms with E-state index in [9.17, 15) is 23.5 Å². The second-order valence-electron chi connectivity index (χ2n) is 7.68. The minimum Gasteiger partial charge on any atom is -0.465 e. The van der Waals surface area contributed by atoms with Crippen LogP contribution in [0.3, 0.4) is 0 Å². The van der Waals surface area contributed by atoms with E-state index in [0.29, 0.717) is 18.4 Å². The Labute approximate surface area is 182 Å². The lowest BCUT2D eigenvalue weighted by Gasteiger charge is -2.22. The van der Waals surface area contributed by atoms with Crippen LogP contribution in [0.15, 0.2) is 36.4 Å². The number of ether oxygens (including phenoxy) is 1. The molecule has 168 valence electrons. The molecule has 1 aromatic carbocycles. The lowest BCUT2D eigenvalue weighted by molar-refractivity contribution is -0.148. The lowest BCUT2D eigenvalue weighted by atomic mass is 9.99. The predicted octanol–water partition coefficient (Wildman–Crippen LogP) is 3.61. The first-order valence-electron chi connectivity index (χ1n) is 10.4. The highest BCUT2D eigenvalue weighted by atomic mass is 19.3. The minimum atomic E-state index is -3.42. The molecule has 0 spiro atoms. The van der Waals surface area contributed by atoms with Gasteiger partial charge >= 0.3 is 11.9 Å². The van der Waals surface area contributed by atoms with Crippen LogP contribution in [0.4, 0.5) is 8.78 Å². The number of methoxy groups -OCH3 is 1. The number of alkyl halides is 2. The molecule has 0 aromatic heterocycles. The molecule has 1 N–H and O–H groups in total. The Balaban J connectivity index is 2.04. The number of carbonyl (C=O) groups excluding carboxylic acids is 2. The molecule has 1 heterocycles. The predicted molar refractivity (Wildman–Crippen MR) is 114 cm³/mol. The summed E-state index contributed by atoms with van der Waals surface area (Å²) >= 11 is 0. The number of benzene rings is 1. The molecule has 0 unspecified atom stereocenters.